The molecule has 0 aliphatic heterocycles. The number of hydrogen-bond acceptors (Lipinski definition) is 3. The number of fused-ring (bicyclic) bond motifs is 1. The van der Waals surface area contributed by atoms with Gasteiger partial charge in [0.05, 0.1) is 24.3 Å². The number of hydrogen-bond donors (Lipinski definition) is 0. The molecule has 0 spiro atoms. The van der Waals surface area contributed by atoms with Crippen LogP contribution in [0.1, 0.15) is 21.5 Å². The Hall–Kier alpha value is -2.81. The first-order chi connectivity index (χ1) is 10.7. The first kappa shape index (κ1) is 14.1. The molecule has 0 N–H and O–H groups in total. The molecule has 1 heterocycles. The highest BCUT2D eigenvalue weighted by atomic mass is 16.5. The smallest absolute Gasteiger partial charge is 0.189 e. The van der Waals surface area contributed by atoms with Gasteiger partial charge in [-0.2, -0.15) is 0 Å². The molecule has 3 rings (SSSR count). The molecule has 1 aromatic heterocycles. The van der Waals surface area contributed by atoms with Gasteiger partial charge in [-0.05, 0) is 36.8 Å². The van der Waals surface area contributed by atoms with E-state index in [9.17, 15) is 4.79 Å². The second kappa shape index (κ2) is 5.90. The molecular weight excluding hydrogens is 276 g/mol. The molecule has 3 heteroatoms. The topological polar surface area (TPSA) is 39.4 Å². The van der Waals surface area contributed by atoms with Crippen molar-refractivity contribution in [2.45, 2.75) is 6.92 Å². The number of rotatable bonds is 4. The summed E-state index contributed by atoms with van der Waals surface area (Å²) in [5.74, 6) is 0.449. The van der Waals surface area contributed by atoms with Crippen LogP contribution in [0, 0.1) is 6.92 Å². The van der Waals surface area contributed by atoms with Crippen molar-refractivity contribution in [1.82, 2.24) is 0 Å². The lowest BCUT2D eigenvalue weighted by Crippen LogP contribution is -1.99. The summed E-state index contributed by atoms with van der Waals surface area (Å²) in [6.45, 7) is 2.03. The number of methoxy groups -OCH3 is 1. The fourth-order valence-electron chi connectivity index (χ4n) is 2.37. The summed E-state index contributed by atoms with van der Waals surface area (Å²) in [4.78, 5) is 12.4. The molecule has 0 radical (unpaired) electrons. The lowest BCUT2D eigenvalue weighted by molar-refractivity contribution is 0.104. The SMILES string of the molecule is COc1c(C(=O)C=Cc2ccc(C)cc2)ccc2occc12. The molecule has 0 fully saturated rings. The minimum Gasteiger partial charge on any atom is -0.495 e. The van der Waals surface area contributed by atoms with Crippen LogP contribution < -0.4 is 4.74 Å². The Morgan fingerprint density at radius 2 is 1.86 bits per heavy atom. The molecule has 0 saturated heterocycles. The van der Waals surface area contributed by atoms with E-state index in [0.29, 0.717) is 16.9 Å². The third-order valence-corrected chi connectivity index (χ3v) is 3.56. The van der Waals surface area contributed by atoms with Crippen molar-refractivity contribution in [1.29, 1.82) is 0 Å². The van der Waals surface area contributed by atoms with Gasteiger partial charge in [0.25, 0.3) is 0 Å². The van der Waals surface area contributed by atoms with Crippen LogP contribution in [-0.4, -0.2) is 12.9 Å². The lowest BCUT2D eigenvalue weighted by Gasteiger charge is -2.06. The third-order valence-electron chi connectivity index (χ3n) is 3.56. The Balaban J connectivity index is 1.93. The number of aryl methyl sites for hydroxylation is 1. The molecule has 0 amide bonds. The highest BCUT2D eigenvalue weighted by Crippen LogP contribution is 2.31. The van der Waals surface area contributed by atoms with E-state index in [4.69, 9.17) is 9.15 Å². The summed E-state index contributed by atoms with van der Waals surface area (Å²) < 4.78 is 10.7. The molecule has 3 nitrogen and oxygen atoms in total. The van der Waals surface area contributed by atoms with Gasteiger partial charge in [-0.25, -0.2) is 0 Å². The normalized spacial score (nSPS) is 11.2. The van der Waals surface area contributed by atoms with E-state index < -0.39 is 0 Å². The second-order valence-corrected chi connectivity index (χ2v) is 5.09. The van der Waals surface area contributed by atoms with E-state index in [2.05, 4.69) is 0 Å². The number of benzene rings is 2. The maximum absolute atomic E-state index is 12.4. The lowest BCUT2D eigenvalue weighted by atomic mass is 10.1. The van der Waals surface area contributed by atoms with Gasteiger partial charge >= 0.3 is 0 Å². The Kier molecular flexibility index (Phi) is 3.79. The number of ketones is 1. The van der Waals surface area contributed by atoms with Gasteiger partial charge in [-0.1, -0.05) is 35.9 Å². The summed E-state index contributed by atoms with van der Waals surface area (Å²) in [5.41, 5.74) is 3.41. The van der Waals surface area contributed by atoms with Gasteiger partial charge < -0.3 is 9.15 Å². The van der Waals surface area contributed by atoms with Gasteiger partial charge in [0.15, 0.2) is 5.78 Å². The molecule has 3 aromatic rings. The van der Waals surface area contributed by atoms with E-state index in [0.717, 1.165) is 10.9 Å². The van der Waals surface area contributed by atoms with Crippen molar-refractivity contribution in [2.24, 2.45) is 0 Å². The number of ether oxygens (including phenoxy) is 1. The summed E-state index contributed by atoms with van der Waals surface area (Å²) in [6.07, 6.45) is 4.96. The van der Waals surface area contributed by atoms with Crippen molar-refractivity contribution in [3.05, 3.63) is 71.5 Å². The zero-order chi connectivity index (χ0) is 15.5. The Morgan fingerprint density at radius 3 is 2.59 bits per heavy atom. The standard InChI is InChI=1S/C19H16O3/c1-13-3-5-14(6-4-13)7-9-17(20)15-8-10-18-16(11-12-22-18)19(15)21-2/h3-12H,1-2H3. The molecule has 0 unspecified atom stereocenters. The van der Waals surface area contributed by atoms with Crippen molar-refractivity contribution in [2.75, 3.05) is 7.11 Å². The molecular formula is C19H16O3. The van der Waals surface area contributed by atoms with Crippen LogP contribution in [0.25, 0.3) is 17.0 Å². The second-order valence-electron chi connectivity index (χ2n) is 5.09. The average Bonchev–Trinajstić information content (AvgIpc) is 3.01. The number of furan rings is 1. The average molecular weight is 292 g/mol. The van der Waals surface area contributed by atoms with Crippen LogP contribution in [0.5, 0.6) is 5.75 Å². The quantitative estimate of drug-likeness (QED) is 0.519. The van der Waals surface area contributed by atoms with Crippen LogP contribution in [0.2, 0.25) is 0 Å². The minimum atomic E-state index is -0.0967. The highest BCUT2D eigenvalue weighted by molar-refractivity contribution is 6.11. The molecule has 22 heavy (non-hydrogen) atoms. The van der Waals surface area contributed by atoms with Crippen molar-refractivity contribution >= 4 is 22.8 Å². The first-order valence-corrected chi connectivity index (χ1v) is 7.02. The van der Waals surface area contributed by atoms with Crippen LogP contribution >= 0.6 is 0 Å². The van der Waals surface area contributed by atoms with E-state index in [1.54, 1.807) is 43.7 Å². The molecule has 110 valence electrons. The summed E-state index contributed by atoms with van der Waals surface area (Å²) in [5, 5.41) is 0.803. The fraction of sp³-hybridized carbons (Fsp3) is 0.105. The molecule has 2 aromatic carbocycles. The minimum absolute atomic E-state index is 0.0967. The monoisotopic (exact) mass is 292 g/mol. The van der Waals surface area contributed by atoms with Crippen LogP contribution in [-0.2, 0) is 0 Å². The molecule has 0 aliphatic rings. The van der Waals surface area contributed by atoms with Crippen molar-refractivity contribution < 1.29 is 13.9 Å². The molecule has 0 atom stereocenters. The maximum atomic E-state index is 12.4. The van der Waals surface area contributed by atoms with Crippen molar-refractivity contribution in [3.8, 4) is 5.75 Å². The summed E-state index contributed by atoms with van der Waals surface area (Å²) in [7, 11) is 1.56. The summed E-state index contributed by atoms with van der Waals surface area (Å²) >= 11 is 0. The van der Waals surface area contributed by atoms with E-state index >= 15 is 0 Å². The maximum Gasteiger partial charge on any atom is 0.189 e. The van der Waals surface area contributed by atoms with E-state index in [1.807, 2.05) is 31.2 Å². The fourth-order valence-corrected chi connectivity index (χ4v) is 2.37. The van der Waals surface area contributed by atoms with Crippen molar-refractivity contribution in [3.63, 3.8) is 0 Å². The van der Waals surface area contributed by atoms with E-state index in [-0.39, 0.29) is 5.78 Å². The predicted octanol–water partition coefficient (Wildman–Crippen LogP) is 4.65. The van der Waals surface area contributed by atoms with Gasteiger partial charge in [0, 0.05) is 0 Å². The van der Waals surface area contributed by atoms with Gasteiger partial charge in [0.1, 0.15) is 11.3 Å². The first-order valence-electron chi connectivity index (χ1n) is 7.02. The van der Waals surface area contributed by atoms with E-state index in [1.165, 1.54) is 5.56 Å². The Morgan fingerprint density at radius 1 is 1.09 bits per heavy atom. The molecule has 0 aliphatic carbocycles. The highest BCUT2D eigenvalue weighted by Gasteiger charge is 2.14. The van der Waals surface area contributed by atoms with Gasteiger partial charge in [0.2, 0.25) is 0 Å². The van der Waals surface area contributed by atoms with Gasteiger partial charge in [-0.15, -0.1) is 0 Å². The summed E-state index contributed by atoms with van der Waals surface area (Å²) in [6, 6.07) is 13.3. The molecule has 0 bridgehead atoms. The number of carbonyl (C=O) groups is 1. The predicted molar refractivity (Wildman–Crippen MR) is 87.3 cm³/mol. The Labute approximate surface area is 128 Å². The zero-order valence-electron chi connectivity index (χ0n) is 12.5. The van der Waals surface area contributed by atoms with Crippen LogP contribution in [0.3, 0.4) is 0 Å². The largest absolute Gasteiger partial charge is 0.495 e. The van der Waals surface area contributed by atoms with Crippen LogP contribution in [0.4, 0.5) is 0 Å². The zero-order valence-corrected chi connectivity index (χ0v) is 12.5. The number of carbonyl (C=O) groups excluding carboxylic acids is 1. The third kappa shape index (κ3) is 2.66. The number of allylic oxidation sites excluding steroid dienone is 1. The molecule has 0 saturated carbocycles. The van der Waals surface area contributed by atoms with Gasteiger partial charge in [-0.3, -0.25) is 4.79 Å². The van der Waals surface area contributed by atoms with Crippen LogP contribution in [0.15, 0.2) is 59.2 Å². The Bertz CT molecular complexity index is 839.